The Hall–Kier alpha value is -2.52. The van der Waals surface area contributed by atoms with Gasteiger partial charge in [-0.05, 0) is 42.7 Å². The molecule has 1 fully saturated rings. The molecule has 2 aliphatic heterocycles. The van der Waals surface area contributed by atoms with Gasteiger partial charge in [0.15, 0.2) is 17.3 Å². The van der Waals surface area contributed by atoms with Gasteiger partial charge in [-0.2, -0.15) is 4.31 Å². The molecular weight excluding hydrogens is 420 g/mol. The van der Waals surface area contributed by atoms with Crippen LogP contribution in [0.3, 0.4) is 0 Å². The van der Waals surface area contributed by atoms with E-state index in [0.717, 1.165) is 24.8 Å². The van der Waals surface area contributed by atoms with Gasteiger partial charge in [0.05, 0.1) is 0 Å². The van der Waals surface area contributed by atoms with Crippen LogP contribution < -0.4 is 14.8 Å². The van der Waals surface area contributed by atoms with E-state index < -0.39 is 15.9 Å². The van der Waals surface area contributed by atoms with Crippen LogP contribution in [-0.4, -0.2) is 51.5 Å². The minimum absolute atomic E-state index is 0.0199. The van der Waals surface area contributed by atoms with Gasteiger partial charge in [-0.1, -0.05) is 26.3 Å². The number of benzene rings is 1. The number of nitrogens with one attached hydrogen (secondary N) is 1. The number of sulfonamides is 1. The molecule has 0 unspecified atom stereocenters. The van der Waals surface area contributed by atoms with Gasteiger partial charge in [-0.25, -0.2) is 8.42 Å². The Bertz CT molecular complexity index is 1050. The summed E-state index contributed by atoms with van der Waals surface area (Å²) in [6.45, 7) is 6.35. The standard InChI is InChI=1S/C22H28N2O6S/c1-22(2,16-6-7-17-19(14-16)29-13-12-28-17)15-23-21(25)18-8-9-20(30-18)31(26,27)24-10-4-3-5-11-24/h6-9,14H,3-5,10-13,15H2,1-2H3,(H,23,25). The van der Waals surface area contributed by atoms with Gasteiger partial charge < -0.3 is 19.2 Å². The van der Waals surface area contributed by atoms with Gasteiger partial charge >= 0.3 is 0 Å². The zero-order valence-corrected chi connectivity index (χ0v) is 18.7. The number of carbonyl (C=O) groups is 1. The first kappa shape index (κ1) is 21.7. The van der Waals surface area contributed by atoms with Crippen LogP contribution in [0.4, 0.5) is 0 Å². The molecule has 1 amide bonds. The van der Waals surface area contributed by atoms with Crippen LogP contribution in [0.2, 0.25) is 0 Å². The summed E-state index contributed by atoms with van der Waals surface area (Å²) in [6, 6.07) is 8.51. The van der Waals surface area contributed by atoms with Gasteiger partial charge in [0.2, 0.25) is 5.09 Å². The molecule has 0 saturated carbocycles. The molecule has 168 valence electrons. The lowest BCUT2D eigenvalue weighted by Crippen LogP contribution is -2.36. The van der Waals surface area contributed by atoms with Crippen molar-refractivity contribution in [2.24, 2.45) is 0 Å². The first-order valence-corrected chi connectivity index (χ1v) is 12.0. The summed E-state index contributed by atoms with van der Waals surface area (Å²) in [5, 5.41) is 2.66. The summed E-state index contributed by atoms with van der Waals surface area (Å²) < 4.78 is 43.5. The van der Waals surface area contributed by atoms with E-state index >= 15 is 0 Å². The largest absolute Gasteiger partial charge is 0.486 e. The molecule has 0 aliphatic carbocycles. The highest BCUT2D eigenvalue weighted by atomic mass is 32.2. The molecule has 1 saturated heterocycles. The third-order valence-electron chi connectivity index (χ3n) is 5.73. The minimum atomic E-state index is -3.71. The summed E-state index contributed by atoms with van der Waals surface area (Å²) in [7, 11) is -3.71. The number of ether oxygens (including phenoxy) is 2. The second-order valence-electron chi connectivity index (χ2n) is 8.51. The summed E-state index contributed by atoms with van der Waals surface area (Å²) in [4.78, 5) is 12.6. The normalized spacial score (nSPS) is 17.4. The van der Waals surface area contributed by atoms with Crippen LogP contribution in [0, 0.1) is 0 Å². The number of carbonyl (C=O) groups excluding carboxylic acids is 1. The van der Waals surface area contributed by atoms with Crippen molar-refractivity contribution in [2.75, 3.05) is 32.8 Å². The van der Waals surface area contributed by atoms with Gasteiger partial charge in [0.1, 0.15) is 13.2 Å². The summed E-state index contributed by atoms with van der Waals surface area (Å²) in [5.74, 6) is 0.939. The second kappa shape index (κ2) is 8.55. The zero-order valence-electron chi connectivity index (χ0n) is 17.8. The Labute approximate surface area is 182 Å². The Morgan fingerprint density at radius 2 is 1.74 bits per heavy atom. The predicted molar refractivity (Wildman–Crippen MR) is 114 cm³/mol. The fourth-order valence-electron chi connectivity index (χ4n) is 3.77. The number of piperidine rings is 1. The van der Waals surface area contributed by atoms with Crippen LogP contribution >= 0.6 is 0 Å². The Kier molecular flexibility index (Phi) is 5.98. The van der Waals surface area contributed by atoms with Gasteiger partial charge in [-0.15, -0.1) is 0 Å². The maximum absolute atomic E-state index is 12.7. The Morgan fingerprint density at radius 3 is 2.48 bits per heavy atom. The van der Waals surface area contributed by atoms with Gasteiger partial charge in [0.25, 0.3) is 15.9 Å². The fraction of sp³-hybridized carbons (Fsp3) is 0.500. The summed E-state index contributed by atoms with van der Waals surface area (Å²) in [5.41, 5.74) is 0.603. The van der Waals surface area contributed by atoms with Crippen LogP contribution in [0.5, 0.6) is 11.5 Å². The third kappa shape index (κ3) is 4.57. The minimum Gasteiger partial charge on any atom is -0.486 e. The third-order valence-corrected chi connectivity index (χ3v) is 7.50. The lowest BCUT2D eigenvalue weighted by atomic mass is 9.84. The molecule has 2 aliphatic rings. The fourth-order valence-corrected chi connectivity index (χ4v) is 5.20. The monoisotopic (exact) mass is 448 g/mol. The molecule has 31 heavy (non-hydrogen) atoms. The molecule has 1 aromatic carbocycles. The Balaban J connectivity index is 1.42. The SMILES string of the molecule is CC(C)(CNC(=O)c1ccc(S(=O)(=O)N2CCCCC2)o1)c1ccc2c(c1)OCCO2. The van der Waals surface area contributed by atoms with E-state index in [0.29, 0.717) is 44.3 Å². The first-order valence-electron chi connectivity index (χ1n) is 10.6. The molecule has 0 bridgehead atoms. The maximum Gasteiger partial charge on any atom is 0.287 e. The van der Waals surface area contributed by atoms with Crippen molar-refractivity contribution in [2.45, 2.75) is 43.6 Å². The van der Waals surface area contributed by atoms with E-state index in [1.54, 1.807) is 0 Å². The van der Waals surface area contributed by atoms with E-state index in [4.69, 9.17) is 13.9 Å². The number of amides is 1. The molecule has 4 rings (SSSR count). The van der Waals surface area contributed by atoms with Crippen LogP contribution in [0.1, 0.15) is 49.2 Å². The second-order valence-corrected chi connectivity index (χ2v) is 10.4. The van der Waals surface area contributed by atoms with Crippen molar-refractivity contribution in [1.82, 2.24) is 9.62 Å². The lowest BCUT2D eigenvalue weighted by Gasteiger charge is -2.27. The maximum atomic E-state index is 12.7. The molecule has 2 aromatic rings. The molecule has 1 aromatic heterocycles. The van der Waals surface area contributed by atoms with E-state index in [-0.39, 0.29) is 16.3 Å². The number of rotatable bonds is 6. The Morgan fingerprint density at radius 1 is 1.03 bits per heavy atom. The van der Waals surface area contributed by atoms with Gasteiger partial charge in [-0.3, -0.25) is 4.79 Å². The summed E-state index contributed by atoms with van der Waals surface area (Å²) in [6.07, 6.45) is 2.70. The van der Waals surface area contributed by atoms with Crippen molar-refractivity contribution in [3.05, 3.63) is 41.7 Å². The number of nitrogens with zero attached hydrogens (tertiary/aromatic N) is 1. The zero-order chi connectivity index (χ0) is 22.1. The van der Waals surface area contributed by atoms with Crippen molar-refractivity contribution in [1.29, 1.82) is 0 Å². The number of fused-ring (bicyclic) bond motifs is 1. The average Bonchev–Trinajstić information content (AvgIpc) is 3.29. The molecular formula is C22H28N2O6S. The van der Waals surface area contributed by atoms with Crippen molar-refractivity contribution >= 4 is 15.9 Å². The van der Waals surface area contributed by atoms with Crippen molar-refractivity contribution < 1.29 is 27.1 Å². The van der Waals surface area contributed by atoms with E-state index in [1.807, 2.05) is 32.0 Å². The average molecular weight is 449 g/mol. The highest BCUT2D eigenvalue weighted by Crippen LogP contribution is 2.35. The lowest BCUT2D eigenvalue weighted by molar-refractivity contribution is 0.0912. The number of hydrogen-bond donors (Lipinski definition) is 1. The van der Waals surface area contributed by atoms with Crippen LogP contribution in [-0.2, 0) is 15.4 Å². The van der Waals surface area contributed by atoms with Crippen LogP contribution in [0.15, 0.2) is 39.8 Å². The molecule has 9 heteroatoms. The molecule has 3 heterocycles. The molecule has 1 N–H and O–H groups in total. The number of hydrogen-bond acceptors (Lipinski definition) is 6. The van der Waals surface area contributed by atoms with Crippen molar-refractivity contribution in [3.63, 3.8) is 0 Å². The quantitative estimate of drug-likeness (QED) is 0.730. The van der Waals surface area contributed by atoms with E-state index in [9.17, 15) is 13.2 Å². The molecule has 8 nitrogen and oxygen atoms in total. The smallest absolute Gasteiger partial charge is 0.287 e. The molecule has 0 atom stereocenters. The van der Waals surface area contributed by atoms with Crippen molar-refractivity contribution in [3.8, 4) is 11.5 Å². The molecule has 0 radical (unpaired) electrons. The van der Waals surface area contributed by atoms with E-state index in [1.165, 1.54) is 16.4 Å². The highest BCUT2D eigenvalue weighted by Gasteiger charge is 2.30. The number of furan rings is 1. The first-order chi connectivity index (χ1) is 14.8. The predicted octanol–water partition coefficient (Wildman–Crippen LogP) is 2.93. The van der Waals surface area contributed by atoms with E-state index in [2.05, 4.69) is 5.32 Å². The highest BCUT2D eigenvalue weighted by molar-refractivity contribution is 7.89. The molecule has 0 spiro atoms. The summed E-state index contributed by atoms with van der Waals surface area (Å²) >= 11 is 0. The topological polar surface area (TPSA) is 98.1 Å². The van der Waals surface area contributed by atoms with Crippen LogP contribution in [0.25, 0.3) is 0 Å². The van der Waals surface area contributed by atoms with Gasteiger partial charge in [0, 0.05) is 25.0 Å².